The van der Waals surface area contributed by atoms with Crippen molar-refractivity contribution in [3.63, 3.8) is 0 Å². The Balaban J connectivity index is 1.69. The average Bonchev–Trinajstić information content (AvgIpc) is 3.16. The van der Waals surface area contributed by atoms with Gasteiger partial charge in [0.2, 0.25) is 0 Å². The number of hydrogen-bond donors (Lipinski definition) is 3. The van der Waals surface area contributed by atoms with E-state index in [0.717, 1.165) is 21.5 Å². The molecule has 0 fully saturated rings. The smallest absolute Gasteiger partial charge is 0.335 e. The van der Waals surface area contributed by atoms with Crippen LogP contribution in [-0.2, 0) is 4.79 Å². The Morgan fingerprint density at radius 2 is 2.00 bits per heavy atom. The molecule has 2 aromatic carbocycles. The van der Waals surface area contributed by atoms with Crippen molar-refractivity contribution < 1.29 is 14.7 Å². The number of fused-ring (bicyclic) bond motifs is 3. The number of carboxylic acids is 1. The van der Waals surface area contributed by atoms with Crippen molar-refractivity contribution in [3.05, 3.63) is 59.2 Å². The SMILES string of the molecule is O=C1Nc2ccc3ncsc3c2/C1=C/Nc1ccc(C(=O)O)cc1. The number of thiazole rings is 1. The summed E-state index contributed by atoms with van der Waals surface area (Å²) in [5, 5.41) is 14.8. The molecule has 4 rings (SSSR count). The van der Waals surface area contributed by atoms with Crippen LogP contribution in [0.15, 0.2) is 48.1 Å². The molecule has 118 valence electrons. The first-order valence-corrected chi connectivity index (χ1v) is 7.99. The summed E-state index contributed by atoms with van der Waals surface area (Å²) in [6.07, 6.45) is 1.64. The van der Waals surface area contributed by atoms with Gasteiger partial charge in [-0.25, -0.2) is 9.78 Å². The van der Waals surface area contributed by atoms with Gasteiger partial charge in [0.15, 0.2) is 0 Å². The Morgan fingerprint density at radius 1 is 1.21 bits per heavy atom. The quantitative estimate of drug-likeness (QED) is 0.637. The molecule has 2 heterocycles. The molecule has 1 aromatic heterocycles. The number of nitrogens with one attached hydrogen (secondary N) is 2. The summed E-state index contributed by atoms with van der Waals surface area (Å²) < 4.78 is 0.958. The number of aromatic nitrogens is 1. The molecule has 0 saturated carbocycles. The molecule has 7 heteroatoms. The van der Waals surface area contributed by atoms with Crippen LogP contribution in [0.25, 0.3) is 15.8 Å². The van der Waals surface area contributed by atoms with Crippen LogP contribution in [0.2, 0.25) is 0 Å². The average molecular weight is 337 g/mol. The van der Waals surface area contributed by atoms with Crippen LogP contribution in [0.4, 0.5) is 11.4 Å². The van der Waals surface area contributed by atoms with E-state index in [1.807, 2.05) is 12.1 Å². The standard InChI is InChI=1S/C17H11N3O3S/c21-16-11(7-18-10-3-1-9(2-4-10)17(22)23)14-12(20-16)5-6-13-15(14)24-8-19-13/h1-8,18H,(H,20,21)(H,22,23)/b11-7-. The second-order valence-corrected chi connectivity index (χ2v) is 6.08. The van der Waals surface area contributed by atoms with Crippen molar-refractivity contribution in [1.82, 2.24) is 4.98 Å². The highest BCUT2D eigenvalue weighted by atomic mass is 32.1. The zero-order chi connectivity index (χ0) is 16.7. The van der Waals surface area contributed by atoms with Crippen molar-refractivity contribution in [2.24, 2.45) is 0 Å². The molecule has 1 aliphatic rings. The monoisotopic (exact) mass is 337 g/mol. The molecule has 0 bridgehead atoms. The number of amides is 1. The summed E-state index contributed by atoms with van der Waals surface area (Å²) in [6, 6.07) is 10.0. The minimum atomic E-state index is -0.975. The van der Waals surface area contributed by atoms with Gasteiger partial charge in [-0.3, -0.25) is 4.79 Å². The Bertz CT molecular complexity index is 1010. The molecule has 1 aliphatic heterocycles. The van der Waals surface area contributed by atoms with E-state index in [4.69, 9.17) is 5.11 Å². The third kappa shape index (κ3) is 2.31. The minimum absolute atomic E-state index is 0.180. The molecule has 1 amide bonds. The summed E-state index contributed by atoms with van der Waals surface area (Å²) in [4.78, 5) is 27.4. The molecule has 0 unspecified atom stereocenters. The molecular formula is C17H11N3O3S. The van der Waals surface area contributed by atoms with E-state index in [9.17, 15) is 9.59 Å². The number of carboxylic acid groups (broad SMARTS) is 1. The maximum Gasteiger partial charge on any atom is 0.335 e. The van der Waals surface area contributed by atoms with Crippen molar-refractivity contribution in [2.75, 3.05) is 10.6 Å². The van der Waals surface area contributed by atoms with Gasteiger partial charge in [0.25, 0.3) is 5.91 Å². The second kappa shape index (κ2) is 5.47. The Labute approximate surface area is 140 Å². The summed E-state index contributed by atoms with van der Waals surface area (Å²) in [5.41, 5.74) is 5.66. The fraction of sp³-hybridized carbons (Fsp3) is 0. The number of hydrogen-bond acceptors (Lipinski definition) is 5. The van der Waals surface area contributed by atoms with Crippen LogP contribution in [0.3, 0.4) is 0 Å². The van der Waals surface area contributed by atoms with Crippen LogP contribution in [0.1, 0.15) is 15.9 Å². The minimum Gasteiger partial charge on any atom is -0.478 e. The van der Waals surface area contributed by atoms with Crippen molar-refractivity contribution >= 4 is 50.4 Å². The van der Waals surface area contributed by atoms with Crippen LogP contribution >= 0.6 is 11.3 Å². The maximum atomic E-state index is 12.2. The van der Waals surface area contributed by atoms with Crippen LogP contribution in [-0.4, -0.2) is 22.0 Å². The highest BCUT2D eigenvalue weighted by Gasteiger charge is 2.27. The lowest BCUT2D eigenvalue weighted by Crippen LogP contribution is -2.05. The van der Waals surface area contributed by atoms with E-state index in [1.54, 1.807) is 23.8 Å². The molecule has 3 aromatic rings. The fourth-order valence-electron chi connectivity index (χ4n) is 2.61. The Morgan fingerprint density at radius 3 is 2.75 bits per heavy atom. The van der Waals surface area contributed by atoms with Gasteiger partial charge in [0.05, 0.1) is 32.6 Å². The zero-order valence-corrected chi connectivity index (χ0v) is 13.1. The maximum absolute atomic E-state index is 12.2. The predicted molar refractivity (Wildman–Crippen MR) is 93.3 cm³/mol. The predicted octanol–water partition coefficient (Wildman–Crippen LogP) is 3.40. The van der Waals surface area contributed by atoms with Gasteiger partial charge in [-0.05, 0) is 36.4 Å². The largest absolute Gasteiger partial charge is 0.478 e. The molecule has 0 radical (unpaired) electrons. The molecule has 0 saturated heterocycles. The summed E-state index contributed by atoms with van der Waals surface area (Å²) in [7, 11) is 0. The molecule has 0 atom stereocenters. The number of rotatable bonds is 3. The van der Waals surface area contributed by atoms with Gasteiger partial charge in [-0.15, -0.1) is 11.3 Å². The zero-order valence-electron chi connectivity index (χ0n) is 12.2. The molecule has 24 heavy (non-hydrogen) atoms. The van der Waals surface area contributed by atoms with Gasteiger partial charge in [-0.1, -0.05) is 0 Å². The molecule has 0 spiro atoms. The first-order chi connectivity index (χ1) is 11.6. The number of anilines is 2. The lowest BCUT2D eigenvalue weighted by Gasteiger charge is -2.04. The van der Waals surface area contributed by atoms with E-state index >= 15 is 0 Å². The molecule has 0 aliphatic carbocycles. The van der Waals surface area contributed by atoms with Crippen molar-refractivity contribution in [1.29, 1.82) is 0 Å². The van der Waals surface area contributed by atoms with E-state index in [-0.39, 0.29) is 11.5 Å². The third-order valence-electron chi connectivity index (χ3n) is 3.78. The Hall–Kier alpha value is -3.19. The molecule has 3 N–H and O–H groups in total. The second-order valence-electron chi connectivity index (χ2n) is 5.23. The fourth-order valence-corrected chi connectivity index (χ4v) is 3.46. The van der Waals surface area contributed by atoms with Crippen molar-refractivity contribution in [3.8, 4) is 0 Å². The number of aromatic carboxylic acids is 1. The lowest BCUT2D eigenvalue weighted by atomic mass is 10.1. The summed E-state index contributed by atoms with van der Waals surface area (Å²) in [6.45, 7) is 0. The van der Waals surface area contributed by atoms with Gasteiger partial charge in [0, 0.05) is 17.5 Å². The van der Waals surface area contributed by atoms with Crippen LogP contribution < -0.4 is 10.6 Å². The highest BCUT2D eigenvalue weighted by Crippen LogP contribution is 2.39. The number of nitrogens with zero attached hydrogens (tertiary/aromatic N) is 1. The molecule has 6 nitrogen and oxygen atoms in total. The number of benzene rings is 2. The van der Waals surface area contributed by atoms with E-state index < -0.39 is 5.97 Å². The van der Waals surface area contributed by atoms with Crippen molar-refractivity contribution in [2.45, 2.75) is 0 Å². The highest BCUT2D eigenvalue weighted by molar-refractivity contribution is 7.17. The van der Waals surface area contributed by atoms with Crippen LogP contribution in [0, 0.1) is 0 Å². The van der Waals surface area contributed by atoms with Gasteiger partial charge in [0.1, 0.15) is 0 Å². The molecular weight excluding hydrogens is 326 g/mol. The van der Waals surface area contributed by atoms with E-state index in [1.165, 1.54) is 23.5 Å². The third-order valence-corrected chi connectivity index (χ3v) is 4.64. The van der Waals surface area contributed by atoms with Crippen LogP contribution in [0.5, 0.6) is 0 Å². The van der Waals surface area contributed by atoms with Gasteiger partial charge < -0.3 is 15.7 Å². The van der Waals surface area contributed by atoms with Gasteiger partial charge in [-0.2, -0.15) is 0 Å². The first kappa shape index (κ1) is 14.4. The topological polar surface area (TPSA) is 91.3 Å². The summed E-state index contributed by atoms with van der Waals surface area (Å²) >= 11 is 1.49. The van der Waals surface area contributed by atoms with E-state index in [0.29, 0.717) is 11.3 Å². The first-order valence-electron chi connectivity index (χ1n) is 7.11. The normalized spacial score (nSPS) is 14.7. The van der Waals surface area contributed by atoms with E-state index in [2.05, 4.69) is 15.6 Å². The summed E-state index contributed by atoms with van der Waals surface area (Å²) in [5.74, 6) is -1.16. The van der Waals surface area contributed by atoms with Gasteiger partial charge >= 0.3 is 5.97 Å². The number of carbonyl (C=O) groups excluding carboxylic acids is 1. The lowest BCUT2D eigenvalue weighted by molar-refractivity contribution is -0.110. The number of carbonyl (C=O) groups is 2. The Kier molecular flexibility index (Phi) is 3.28.